The number of rotatable bonds is 9. The lowest BCUT2D eigenvalue weighted by atomic mass is 10.1. The standard InChI is InChI=1S/C25H28O6Si3/c1-16-4-10-19(11-5-16)32-29-23(26)22(24(27)30-33-20-12-6-17(2)7-13-20)25(28)31-34-21-14-8-18(3)9-15-21/h4-15,22H,32-34H2,1-3H3. The van der Waals surface area contributed by atoms with E-state index in [2.05, 4.69) is 0 Å². The number of aryl methyl sites for hydroxylation is 3. The molecule has 3 rings (SSSR count). The molecule has 0 spiro atoms. The average Bonchev–Trinajstić information content (AvgIpc) is 2.83. The van der Waals surface area contributed by atoms with Gasteiger partial charge in [-0.05, 0) is 36.3 Å². The molecule has 0 aliphatic heterocycles. The summed E-state index contributed by atoms with van der Waals surface area (Å²) in [6.45, 7) is 5.90. The molecule has 0 aliphatic rings. The van der Waals surface area contributed by atoms with Crippen LogP contribution < -0.4 is 15.6 Å². The van der Waals surface area contributed by atoms with E-state index in [4.69, 9.17) is 13.3 Å². The first-order valence-corrected chi connectivity index (χ1v) is 14.8. The minimum atomic E-state index is -1.73. The summed E-state index contributed by atoms with van der Waals surface area (Å²) in [5, 5.41) is 2.67. The van der Waals surface area contributed by atoms with E-state index in [9.17, 15) is 14.4 Å². The predicted octanol–water partition coefficient (Wildman–Crippen LogP) is -0.615. The van der Waals surface area contributed by atoms with Crippen molar-refractivity contribution >= 4 is 62.8 Å². The van der Waals surface area contributed by atoms with E-state index in [-0.39, 0.29) is 0 Å². The van der Waals surface area contributed by atoms with Gasteiger partial charge in [0.05, 0.1) is 0 Å². The Hall–Kier alpha value is -3.28. The Morgan fingerprint density at radius 3 is 0.971 bits per heavy atom. The average molecular weight is 509 g/mol. The highest BCUT2D eigenvalue weighted by Crippen LogP contribution is 2.07. The van der Waals surface area contributed by atoms with Gasteiger partial charge in [-0.15, -0.1) is 0 Å². The molecule has 0 aromatic heterocycles. The van der Waals surface area contributed by atoms with E-state index >= 15 is 0 Å². The number of carbonyl (C=O) groups is 3. The quantitative estimate of drug-likeness (QED) is 0.283. The van der Waals surface area contributed by atoms with Gasteiger partial charge in [0.1, 0.15) is 0 Å². The molecule has 0 saturated heterocycles. The molecule has 0 bridgehead atoms. The summed E-state index contributed by atoms with van der Waals surface area (Å²) < 4.78 is 16.3. The zero-order valence-electron chi connectivity index (χ0n) is 19.6. The molecule has 3 aromatic carbocycles. The first-order chi connectivity index (χ1) is 16.3. The Morgan fingerprint density at radius 1 is 0.500 bits per heavy atom. The number of hydrogen-bond acceptors (Lipinski definition) is 6. The van der Waals surface area contributed by atoms with Crippen molar-refractivity contribution in [1.29, 1.82) is 0 Å². The Balaban J connectivity index is 1.67. The van der Waals surface area contributed by atoms with Crippen molar-refractivity contribution in [3.05, 3.63) is 89.5 Å². The van der Waals surface area contributed by atoms with Crippen LogP contribution in [0.4, 0.5) is 0 Å². The van der Waals surface area contributed by atoms with Crippen molar-refractivity contribution < 1.29 is 27.7 Å². The Morgan fingerprint density at radius 2 is 0.735 bits per heavy atom. The molecule has 0 atom stereocenters. The van der Waals surface area contributed by atoms with Gasteiger partial charge in [-0.3, -0.25) is 14.4 Å². The Kier molecular flexibility index (Phi) is 9.14. The van der Waals surface area contributed by atoms with E-state index in [1.165, 1.54) is 0 Å². The SMILES string of the molecule is Cc1ccc([SiH2]OC(=O)C(C(=O)O[SiH2]c2ccc(C)cc2)C(=O)O[SiH2]c2ccc(C)cc2)cc1. The second-order valence-corrected chi connectivity index (χ2v) is 12.4. The fourth-order valence-corrected chi connectivity index (χ4v) is 5.77. The van der Waals surface area contributed by atoms with Crippen LogP contribution in [0.3, 0.4) is 0 Å². The van der Waals surface area contributed by atoms with Gasteiger partial charge in [-0.25, -0.2) is 0 Å². The fraction of sp³-hybridized carbons (Fsp3) is 0.160. The van der Waals surface area contributed by atoms with Crippen LogP contribution in [-0.4, -0.2) is 47.2 Å². The third kappa shape index (κ3) is 7.65. The highest BCUT2D eigenvalue weighted by Gasteiger charge is 2.38. The van der Waals surface area contributed by atoms with E-state index in [0.29, 0.717) is 0 Å². The van der Waals surface area contributed by atoms with Gasteiger partial charge < -0.3 is 13.3 Å². The first-order valence-electron chi connectivity index (χ1n) is 11.0. The lowest BCUT2D eigenvalue weighted by Crippen LogP contribution is -2.40. The summed E-state index contributed by atoms with van der Waals surface area (Å²) >= 11 is 0. The van der Waals surface area contributed by atoms with Crippen molar-refractivity contribution in [2.24, 2.45) is 5.92 Å². The van der Waals surface area contributed by atoms with Crippen molar-refractivity contribution in [2.75, 3.05) is 0 Å². The first kappa shape index (κ1) is 25.3. The van der Waals surface area contributed by atoms with Crippen molar-refractivity contribution in [3.63, 3.8) is 0 Å². The number of carbonyl (C=O) groups excluding carboxylic acids is 3. The second kappa shape index (κ2) is 12.3. The molecule has 0 saturated carbocycles. The lowest BCUT2D eigenvalue weighted by Gasteiger charge is -2.16. The molecule has 0 N–H and O–H groups in total. The van der Waals surface area contributed by atoms with Crippen molar-refractivity contribution in [2.45, 2.75) is 20.8 Å². The third-order valence-electron chi connectivity index (χ3n) is 5.21. The number of hydrogen-bond donors (Lipinski definition) is 0. The van der Waals surface area contributed by atoms with Gasteiger partial charge in [0, 0.05) is 0 Å². The normalized spacial score (nSPS) is 12.4. The summed E-state index contributed by atoms with van der Waals surface area (Å²) in [4.78, 5) is 38.5. The molecular weight excluding hydrogens is 481 g/mol. The summed E-state index contributed by atoms with van der Waals surface area (Å²) in [5.74, 6) is -4.44. The molecule has 0 unspecified atom stereocenters. The molecule has 0 fully saturated rings. The van der Waals surface area contributed by atoms with Crippen LogP contribution in [0.2, 0.25) is 0 Å². The monoisotopic (exact) mass is 508 g/mol. The molecule has 0 radical (unpaired) electrons. The summed E-state index contributed by atoms with van der Waals surface area (Å²) in [7, 11) is -4.39. The molecule has 9 heteroatoms. The molecule has 0 amide bonds. The Bertz CT molecular complexity index is 983. The summed E-state index contributed by atoms with van der Waals surface area (Å²) in [6.07, 6.45) is 0. The van der Waals surface area contributed by atoms with Crippen LogP contribution in [0, 0.1) is 26.7 Å². The molecule has 176 valence electrons. The zero-order chi connectivity index (χ0) is 24.5. The molecule has 0 heterocycles. The maximum atomic E-state index is 12.8. The largest absolute Gasteiger partial charge is 0.519 e. The van der Waals surface area contributed by atoms with E-state index in [1.54, 1.807) is 0 Å². The maximum absolute atomic E-state index is 12.8. The topological polar surface area (TPSA) is 78.9 Å². The fourth-order valence-electron chi connectivity index (χ4n) is 3.05. The maximum Gasteiger partial charge on any atom is 0.318 e. The third-order valence-corrected chi connectivity index (χ3v) is 8.91. The highest BCUT2D eigenvalue weighted by atomic mass is 28.2. The smallest absolute Gasteiger partial charge is 0.318 e. The zero-order valence-corrected chi connectivity index (χ0v) is 23.8. The Labute approximate surface area is 206 Å². The van der Waals surface area contributed by atoms with Crippen LogP contribution in [-0.2, 0) is 27.7 Å². The second-order valence-electron chi connectivity index (χ2n) is 8.21. The number of benzene rings is 3. The van der Waals surface area contributed by atoms with Gasteiger partial charge in [0.2, 0.25) is 5.92 Å². The molecule has 0 aliphatic carbocycles. The lowest BCUT2D eigenvalue weighted by molar-refractivity contribution is -0.160. The minimum absolute atomic E-state index is 0.891. The molecule has 34 heavy (non-hydrogen) atoms. The summed E-state index contributed by atoms with van der Waals surface area (Å²) in [5.41, 5.74) is 3.28. The van der Waals surface area contributed by atoms with Gasteiger partial charge in [-0.1, -0.05) is 89.5 Å². The van der Waals surface area contributed by atoms with Gasteiger partial charge in [0.25, 0.3) is 29.3 Å². The highest BCUT2D eigenvalue weighted by molar-refractivity contribution is 6.52. The van der Waals surface area contributed by atoms with Crippen LogP contribution >= 0.6 is 0 Å². The van der Waals surface area contributed by atoms with E-state index < -0.39 is 53.1 Å². The van der Waals surface area contributed by atoms with Gasteiger partial charge >= 0.3 is 17.9 Å². The summed E-state index contributed by atoms with van der Waals surface area (Å²) in [6, 6.07) is 22.9. The van der Waals surface area contributed by atoms with Crippen LogP contribution in [0.15, 0.2) is 72.8 Å². The van der Waals surface area contributed by atoms with Crippen LogP contribution in [0.5, 0.6) is 0 Å². The molecule has 3 aromatic rings. The predicted molar refractivity (Wildman–Crippen MR) is 140 cm³/mol. The van der Waals surface area contributed by atoms with E-state index in [0.717, 1.165) is 32.3 Å². The minimum Gasteiger partial charge on any atom is -0.519 e. The van der Waals surface area contributed by atoms with Crippen LogP contribution in [0.1, 0.15) is 16.7 Å². The van der Waals surface area contributed by atoms with Gasteiger partial charge in [0.15, 0.2) is 0 Å². The van der Waals surface area contributed by atoms with Gasteiger partial charge in [-0.2, -0.15) is 0 Å². The van der Waals surface area contributed by atoms with E-state index in [1.807, 2.05) is 93.6 Å². The van der Waals surface area contributed by atoms with Crippen molar-refractivity contribution in [1.82, 2.24) is 0 Å². The molecular formula is C25H28O6Si3. The molecule has 6 nitrogen and oxygen atoms in total. The van der Waals surface area contributed by atoms with Crippen LogP contribution in [0.25, 0.3) is 0 Å². The van der Waals surface area contributed by atoms with Crippen molar-refractivity contribution in [3.8, 4) is 0 Å².